The number of carbonyl (C=O) groups is 1. The van der Waals surface area contributed by atoms with Crippen molar-refractivity contribution in [1.82, 2.24) is 14.8 Å². The van der Waals surface area contributed by atoms with Crippen molar-refractivity contribution in [2.24, 2.45) is 0 Å². The lowest BCUT2D eigenvalue weighted by molar-refractivity contribution is 0.0526. The zero-order valence-corrected chi connectivity index (χ0v) is 21.1. The number of hydrogen-bond acceptors (Lipinski definition) is 6. The molecule has 36 heavy (non-hydrogen) atoms. The molecule has 1 aromatic heterocycles. The van der Waals surface area contributed by atoms with Gasteiger partial charge in [0.05, 0.1) is 15.2 Å². The maximum atomic E-state index is 12.8. The minimum atomic E-state index is -0.612. The molecule has 2 N–H and O–H groups in total. The van der Waals surface area contributed by atoms with E-state index in [1.54, 1.807) is 11.3 Å². The number of piperazine rings is 1. The van der Waals surface area contributed by atoms with Crippen molar-refractivity contribution in [2.75, 3.05) is 44.6 Å². The van der Waals surface area contributed by atoms with E-state index in [4.69, 9.17) is 4.74 Å². The molecule has 2 amide bonds. The largest absolute Gasteiger partial charge is 0.491 e. The molecule has 1 fully saturated rings. The van der Waals surface area contributed by atoms with E-state index in [0.29, 0.717) is 38.5 Å². The molecule has 0 saturated carbocycles. The van der Waals surface area contributed by atoms with Gasteiger partial charge in [-0.2, -0.15) is 0 Å². The highest BCUT2D eigenvalue weighted by atomic mass is 32.1. The summed E-state index contributed by atoms with van der Waals surface area (Å²) in [5.41, 5.74) is 3.88. The number of nitrogens with one attached hydrogen (secondary N) is 1. The second kappa shape index (κ2) is 11.1. The van der Waals surface area contributed by atoms with Crippen LogP contribution in [-0.4, -0.2) is 71.4 Å². The molecular formula is C28H30N4O3S. The van der Waals surface area contributed by atoms with Crippen LogP contribution in [0.3, 0.4) is 0 Å². The summed E-state index contributed by atoms with van der Waals surface area (Å²) in [6.45, 7) is 5.34. The zero-order valence-electron chi connectivity index (χ0n) is 20.3. The molecule has 7 nitrogen and oxygen atoms in total. The van der Waals surface area contributed by atoms with E-state index < -0.39 is 6.10 Å². The second-order valence-electron chi connectivity index (χ2n) is 8.99. The summed E-state index contributed by atoms with van der Waals surface area (Å²) in [6.07, 6.45) is -0.612. The van der Waals surface area contributed by atoms with Crippen LogP contribution in [0.25, 0.3) is 21.3 Å². The molecule has 0 spiro atoms. The Morgan fingerprint density at radius 2 is 1.81 bits per heavy atom. The lowest BCUT2D eigenvalue weighted by Crippen LogP contribution is -2.51. The number of hydrogen-bond donors (Lipinski definition) is 2. The highest BCUT2D eigenvalue weighted by Crippen LogP contribution is 2.26. The third-order valence-corrected chi connectivity index (χ3v) is 7.21. The van der Waals surface area contributed by atoms with Gasteiger partial charge in [0.1, 0.15) is 18.5 Å². The average Bonchev–Trinajstić information content (AvgIpc) is 3.28. The molecule has 0 bridgehead atoms. The van der Waals surface area contributed by atoms with E-state index in [2.05, 4.69) is 27.3 Å². The van der Waals surface area contributed by atoms with Gasteiger partial charge in [-0.05, 0) is 42.3 Å². The Hall–Kier alpha value is -3.46. The monoisotopic (exact) mass is 502 g/mol. The van der Waals surface area contributed by atoms with Gasteiger partial charge in [0.25, 0.3) is 0 Å². The Kier molecular flexibility index (Phi) is 7.46. The molecule has 186 valence electrons. The summed E-state index contributed by atoms with van der Waals surface area (Å²) in [5.74, 6) is 0.713. The number of amides is 2. The summed E-state index contributed by atoms with van der Waals surface area (Å²) in [5, 5.41) is 14.5. The number of thiazole rings is 1. The van der Waals surface area contributed by atoms with E-state index in [1.165, 1.54) is 0 Å². The molecule has 0 radical (unpaired) electrons. The molecular weight excluding hydrogens is 472 g/mol. The van der Waals surface area contributed by atoms with E-state index >= 15 is 0 Å². The first-order valence-corrected chi connectivity index (χ1v) is 13.0. The average molecular weight is 503 g/mol. The van der Waals surface area contributed by atoms with Crippen LogP contribution in [0.2, 0.25) is 0 Å². The first-order valence-electron chi connectivity index (χ1n) is 12.2. The summed E-state index contributed by atoms with van der Waals surface area (Å²) >= 11 is 1.66. The summed E-state index contributed by atoms with van der Waals surface area (Å²) in [4.78, 5) is 21.3. The molecule has 0 unspecified atom stereocenters. The van der Waals surface area contributed by atoms with Gasteiger partial charge in [0.15, 0.2) is 0 Å². The number of ether oxygens (including phenoxy) is 1. The zero-order chi connectivity index (χ0) is 24.9. The van der Waals surface area contributed by atoms with Gasteiger partial charge < -0.3 is 20.1 Å². The van der Waals surface area contributed by atoms with Crippen LogP contribution in [0.1, 0.15) is 5.01 Å². The van der Waals surface area contributed by atoms with Gasteiger partial charge in [0, 0.05) is 44.5 Å². The highest BCUT2D eigenvalue weighted by Gasteiger charge is 2.23. The fraction of sp³-hybridized carbons (Fsp3) is 0.286. The number of β-amino-alcohol motifs (C(OH)–C–C–N with tert-alkyl or cyclic N) is 1. The minimum Gasteiger partial charge on any atom is -0.491 e. The number of aliphatic hydroxyl groups is 1. The van der Waals surface area contributed by atoms with Crippen molar-refractivity contribution in [3.63, 3.8) is 0 Å². The Balaban J connectivity index is 1.07. The van der Waals surface area contributed by atoms with Crippen LogP contribution in [0, 0.1) is 6.92 Å². The van der Waals surface area contributed by atoms with Crippen LogP contribution >= 0.6 is 11.3 Å². The van der Waals surface area contributed by atoms with E-state index in [0.717, 1.165) is 32.0 Å². The normalized spacial score (nSPS) is 15.1. The van der Waals surface area contributed by atoms with Crippen molar-refractivity contribution in [3.05, 3.63) is 77.8 Å². The Morgan fingerprint density at radius 1 is 1.03 bits per heavy atom. The first kappa shape index (κ1) is 24.2. The molecule has 0 aliphatic carbocycles. The Labute approximate surface area is 215 Å². The number of aromatic nitrogens is 1. The maximum Gasteiger partial charge on any atom is 0.321 e. The number of aryl methyl sites for hydroxylation is 1. The molecule has 8 heteroatoms. The number of carbonyl (C=O) groups excluding carboxylic acids is 1. The molecule has 2 heterocycles. The van der Waals surface area contributed by atoms with Gasteiger partial charge >= 0.3 is 6.03 Å². The van der Waals surface area contributed by atoms with Gasteiger partial charge in [-0.1, -0.05) is 42.5 Å². The van der Waals surface area contributed by atoms with Crippen LogP contribution in [-0.2, 0) is 0 Å². The van der Waals surface area contributed by atoms with Crippen LogP contribution in [0.15, 0.2) is 72.8 Å². The lowest BCUT2D eigenvalue weighted by Gasteiger charge is -2.35. The predicted molar refractivity (Wildman–Crippen MR) is 145 cm³/mol. The third-order valence-electron chi connectivity index (χ3n) is 6.26. The molecule has 1 aliphatic rings. The van der Waals surface area contributed by atoms with Crippen molar-refractivity contribution >= 4 is 33.3 Å². The van der Waals surface area contributed by atoms with Crippen molar-refractivity contribution in [3.8, 4) is 16.9 Å². The molecule has 1 aliphatic heterocycles. The third kappa shape index (κ3) is 6.02. The highest BCUT2D eigenvalue weighted by molar-refractivity contribution is 7.18. The van der Waals surface area contributed by atoms with Gasteiger partial charge in [-0.3, -0.25) is 4.90 Å². The standard InChI is InChI=1S/C28H30N4O3S/c1-20-29-26-17-25(10-11-27(26)36-20)35-19-24(33)18-31-12-14-32(15-13-31)28(34)30-23-9-5-8-22(16-23)21-6-3-2-4-7-21/h2-11,16-17,24,33H,12-15,18-19H2,1H3,(H,30,34)/t24-/m1/s1. The quantitative estimate of drug-likeness (QED) is 0.377. The number of anilines is 1. The van der Waals surface area contributed by atoms with Gasteiger partial charge in [-0.25, -0.2) is 9.78 Å². The molecule has 5 rings (SSSR count). The molecule has 4 aromatic rings. The van der Waals surface area contributed by atoms with E-state index in [1.807, 2.05) is 72.5 Å². The van der Waals surface area contributed by atoms with Crippen LogP contribution in [0.5, 0.6) is 5.75 Å². The number of fused-ring (bicyclic) bond motifs is 1. The number of aliphatic hydroxyl groups excluding tert-OH is 1. The smallest absolute Gasteiger partial charge is 0.321 e. The van der Waals surface area contributed by atoms with E-state index in [-0.39, 0.29) is 12.6 Å². The summed E-state index contributed by atoms with van der Waals surface area (Å²) < 4.78 is 6.94. The Bertz CT molecular complexity index is 1320. The molecule has 1 atom stereocenters. The first-order chi connectivity index (χ1) is 17.5. The number of rotatable bonds is 7. The van der Waals surface area contributed by atoms with Crippen molar-refractivity contribution in [2.45, 2.75) is 13.0 Å². The van der Waals surface area contributed by atoms with Gasteiger partial charge in [0.2, 0.25) is 0 Å². The van der Waals surface area contributed by atoms with Crippen molar-refractivity contribution in [1.29, 1.82) is 0 Å². The Morgan fingerprint density at radius 3 is 2.61 bits per heavy atom. The fourth-order valence-corrected chi connectivity index (χ4v) is 5.21. The summed E-state index contributed by atoms with van der Waals surface area (Å²) in [6, 6.07) is 23.7. The number of nitrogens with zero attached hydrogens (tertiary/aromatic N) is 3. The van der Waals surface area contributed by atoms with Crippen LogP contribution in [0.4, 0.5) is 10.5 Å². The van der Waals surface area contributed by atoms with Crippen molar-refractivity contribution < 1.29 is 14.6 Å². The van der Waals surface area contributed by atoms with Crippen LogP contribution < -0.4 is 10.1 Å². The topological polar surface area (TPSA) is 77.9 Å². The number of benzene rings is 3. The van der Waals surface area contributed by atoms with Gasteiger partial charge in [-0.15, -0.1) is 11.3 Å². The second-order valence-corrected chi connectivity index (χ2v) is 10.2. The minimum absolute atomic E-state index is 0.101. The predicted octanol–water partition coefficient (Wildman–Crippen LogP) is 4.86. The molecule has 3 aromatic carbocycles. The summed E-state index contributed by atoms with van der Waals surface area (Å²) in [7, 11) is 0. The van der Waals surface area contributed by atoms with E-state index in [9.17, 15) is 9.90 Å². The SMILES string of the molecule is Cc1nc2cc(OC[C@H](O)CN3CCN(C(=O)Nc4cccc(-c5ccccc5)c4)CC3)ccc2s1. The number of urea groups is 1. The lowest BCUT2D eigenvalue weighted by atomic mass is 10.1. The molecule has 1 saturated heterocycles. The maximum absolute atomic E-state index is 12.8. The fourth-order valence-electron chi connectivity index (χ4n) is 4.40.